The molecule has 4 nitrogen and oxygen atoms in total. The van der Waals surface area contributed by atoms with E-state index < -0.39 is 5.60 Å². The largest absolute Gasteiger partial charge is 0.486 e. The maximum Gasteiger partial charge on any atom is 0.237 e. The number of carbonyl (C=O) groups is 2. The minimum absolute atomic E-state index is 0.00954. The van der Waals surface area contributed by atoms with Gasteiger partial charge >= 0.3 is 0 Å². The van der Waals surface area contributed by atoms with Crippen molar-refractivity contribution in [1.82, 2.24) is 4.90 Å². The summed E-state index contributed by atoms with van der Waals surface area (Å²) in [5.74, 6) is 0.754. The normalized spacial score (nSPS) is 20.4. The van der Waals surface area contributed by atoms with Gasteiger partial charge in [0.2, 0.25) is 5.91 Å². The fourth-order valence-electron chi connectivity index (χ4n) is 2.97. The van der Waals surface area contributed by atoms with Crippen molar-refractivity contribution in [3.63, 3.8) is 0 Å². The van der Waals surface area contributed by atoms with Crippen molar-refractivity contribution in [2.75, 3.05) is 19.0 Å². The van der Waals surface area contributed by atoms with Gasteiger partial charge in [0.1, 0.15) is 17.2 Å². The smallest absolute Gasteiger partial charge is 0.237 e. The molecular weight excluding hydrogens is 278 g/mol. The average molecular weight is 294 g/mol. The molecule has 1 fully saturated rings. The number of halogens is 1. The van der Waals surface area contributed by atoms with Crippen LogP contribution in [-0.4, -0.2) is 41.2 Å². The fraction of sp³-hybridized carbons (Fsp3) is 0.467. The second kappa shape index (κ2) is 5.09. The van der Waals surface area contributed by atoms with E-state index in [1.54, 1.807) is 11.0 Å². The number of para-hydroxylation sites is 1. The second-order valence-corrected chi connectivity index (χ2v) is 5.66. The van der Waals surface area contributed by atoms with Gasteiger partial charge in [-0.05, 0) is 12.1 Å². The van der Waals surface area contributed by atoms with Crippen molar-refractivity contribution in [2.45, 2.75) is 24.9 Å². The van der Waals surface area contributed by atoms with Gasteiger partial charge in [-0.2, -0.15) is 0 Å². The molecule has 20 heavy (non-hydrogen) atoms. The first-order valence-corrected chi connectivity index (χ1v) is 7.32. The predicted octanol–water partition coefficient (Wildman–Crippen LogP) is 2.25. The predicted molar refractivity (Wildman–Crippen MR) is 75.3 cm³/mol. The van der Waals surface area contributed by atoms with Gasteiger partial charge < -0.3 is 9.64 Å². The van der Waals surface area contributed by atoms with E-state index >= 15 is 0 Å². The third-order valence-corrected chi connectivity index (χ3v) is 4.37. The number of ether oxygens (including phenoxy) is 1. The zero-order chi connectivity index (χ0) is 14.2. The molecule has 1 amide bonds. The molecule has 0 unspecified atom stereocenters. The van der Waals surface area contributed by atoms with Crippen LogP contribution in [-0.2, 0) is 4.79 Å². The minimum Gasteiger partial charge on any atom is -0.486 e. The summed E-state index contributed by atoms with van der Waals surface area (Å²) in [6, 6.07) is 7.36. The number of likely N-dealkylation sites (tertiary alicyclic amines) is 1. The molecule has 1 aromatic carbocycles. The number of amides is 1. The van der Waals surface area contributed by atoms with Crippen LogP contribution in [0, 0.1) is 0 Å². The highest BCUT2D eigenvalue weighted by atomic mass is 35.5. The Morgan fingerprint density at radius 3 is 2.70 bits per heavy atom. The van der Waals surface area contributed by atoms with Gasteiger partial charge in [-0.3, -0.25) is 9.59 Å². The Balaban J connectivity index is 1.77. The van der Waals surface area contributed by atoms with E-state index in [0.29, 0.717) is 43.7 Å². The number of ketones is 1. The Morgan fingerprint density at radius 1 is 1.30 bits per heavy atom. The SMILES string of the molecule is O=C1CC2(CCN(C(=O)CCl)CC2)Oc2ccccc21. The van der Waals surface area contributed by atoms with Gasteiger partial charge in [0, 0.05) is 25.9 Å². The number of carbonyl (C=O) groups excluding carboxylic acids is 2. The third-order valence-electron chi connectivity index (χ3n) is 4.14. The summed E-state index contributed by atoms with van der Waals surface area (Å²) >= 11 is 5.58. The number of hydrogen-bond donors (Lipinski definition) is 0. The van der Waals surface area contributed by atoms with E-state index in [9.17, 15) is 9.59 Å². The van der Waals surface area contributed by atoms with Crippen LogP contribution >= 0.6 is 11.6 Å². The number of Topliss-reactive ketones (excluding diaryl/α,β-unsaturated/α-hetero) is 1. The van der Waals surface area contributed by atoms with Gasteiger partial charge in [0.05, 0.1) is 12.0 Å². The Hall–Kier alpha value is -1.55. The lowest BCUT2D eigenvalue weighted by atomic mass is 9.82. The third kappa shape index (κ3) is 2.29. The molecule has 1 aromatic rings. The minimum atomic E-state index is -0.450. The van der Waals surface area contributed by atoms with E-state index in [4.69, 9.17) is 16.3 Å². The molecule has 0 bridgehead atoms. The Kier molecular flexibility index (Phi) is 3.42. The van der Waals surface area contributed by atoms with Gasteiger partial charge in [-0.25, -0.2) is 0 Å². The quantitative estimate of drug-likeness (QED) is 0.746. The lowest BCUT2D eigenvalue weighted by Crippen LogP contribution is -2.52. The van der Waals surface area contributed by atoms with Gasteiger partial charge in [-0.1, -0.05) is 12.1 Å². The topological polar surface area (TPSA) is 46.6 Å². The lowest BCUT2D eigenvalue weighted by molar-refractivity contribution is -0.132. The highest BCUT2D eigenvalue weighted by Crippen LogP contribution is 2.39. The Morgan fingerprint density at radius 2 is 2.00 bits per heavy atom. The molecule has 0 N–H and O–H groups in total. The van der Waals surface area contributed by atoms with Crippen molar-refractivity contribution < 1.29 is 14.3 Å². The number of fused-ring (bicyclic) bond motifs is 1. The molecule has 3 rings (SSSR count). The number of nitrogens with zero attached hydrogens (tertiary/aromatic N) is 1. The molecule has 2 heterocycles. The van der Waals surface area contributed by atoms with Crippen molar-refractivity contribution in [3.05, 3.63) is 29.8 Å². The van der Waals surface area contributed by atoms with Crippen molar-refractivity contribution in [2.24, 2.45) is 0 Å². The molecular formula is C15H16ClNO3. The van der Waals surface area contributed by atoms with E-state index in [0.717, 1.165) is 0 Å². The summed E-state index contributed by atoms with van der Waals surface area (Å²) in [4.78, 5) is 25.6. The number of benzene rings is 1. The highest BCUT2D eigenvalue weighted by Gasteiger charge is 2.43. The first kappa shape index (κ1) is 13.4. The molecule has 106 valence electrons. The molecule has 0 aliphatic carbocycles. The second-order valence-electron chi connectivity index (χ2n) is 5.40. The average Bonchev–Trinajstić information content (AvgIpc) is 2.47. The van der Waals surface area contributed by atoms with E-state index in [2.05, 4.69) is 0 Å². The highest BCUT2D eigenvalue weighted by molar-refractivity contribution is 6.27. The van der Waals surface area contributed by atoms with E-state index in [1.165, 1.54) is 0 Å². The summed E-state index contributed by atoms with van der Waals surface area (Å²) in [7, 11) is 0. The van der Waals surface area contributed by atoms with E-state index in [-0.39, 0.29) is 17.6 Å². The van der Waals surface area contributed by atoms with Crippen LogP contribution in [0.1, 0.15) is 29.6 Å². The maximum absolute atomic E-state index is 12.2. The van der Waals surface area contributed by atoms with Crippen molar-refractivity contribution >= 4 is 23.3 Å². The molecule has 1 saturated heterocycles. The Labute approximate surface area is 122 Å². The summed E-state index contributed by atoms with van der Waals surface area (Å²) in [6.07, 6.45) is 1.75. The lowest BCUT2D eigenvalue weighted by Gasteiger charge is -2.43. The van der Waals surface area contributed by atoms with Gasteiger partial charge in [-0.15, -0.1) is 11.6 Å². The summed E-state index contributed by atoms with van der Waals surface area (Å²) < 4.78 is 6.10. The number of hydrogen-bond acceptors (Lipinski definition) is 3. The van der Waals surface area contributed by atoms with Crippen LogP contribution in [0.5, 0.6) is 5.75 Å². The summed E-state index contributed by atoms with van der Waals surface area (Å²) in [5.41, 5.74) is 0.214. The summed E-state index contributed by atoms with van der Waals surface area (Å²) in [5, 5.41) is 0. The molecule has 2 aliphatic rings. The Bertz CT molecular complexity index is 550. The van der Waals surface area contributed by atoms with Crippen LogP contribution in [0.25, 0.3) is 0 Å². The van der Waals surface area contributed by atoms with Crippen LogP contribution in [0.2, 0.25) is 0 Å². The van der Waals surface area contributed by atoms with Crippen molar-refractivity contribution in [3.8, 4) is 5.75 Å². The number of piperidine rings is 1. The molecule has 2 aliphatic heterocycles. The monoisotopic (exact) mass is 293 g/mol. The zero-order valence-electron chi connectivity index (χ0n) is 11.1. The molecule has 0 atom stereocenters. The first-order chi connectivity index (χ1) is 9.63. The molecule has 0 saturated carbocycles. The molecule has 1 spiro atoms. The zero-order valence-corrected chi connectivity index (χ0v) is 11.9. The number of alkyl halides is 1. The fourth-order valence-corrected chi connectivity index (χ4v) is 3.14. The first-order valence-electron chi connectivity index (χ1n) is 6.78. The number of rotatable bonds is 1. The molecule has 0 aromatic heterocycles. The van der Waals surface area contributed by atoms with Crippen LogP contribution in [0.3, 0.4) is 0 Å². The molecule has 5 heteroatoms. The van der Waals surface area contributed by atoms with Gasteiger partial charge in [0.15, 0.2) is 5.78 Å². The van der Waals surface area contributed by atoms with Crippen LogP contribution in [0.15, 0.2) is 24.3 Å². The standard InChI is InChI=1S/C15H16ClNO3/c16-10-14(19)17-7-5-15(6-8-17)9-12(18)11-3-1-2-4-13(11)20-15/h1-4H,5-10H2. The van der Waals surface area contributed by atoms with Crippen LogP contribution in [0.4, 0.5) is 0 Å². The molecule has 0 radical (unpaired) electrons. The van der Waals surface area contributed by atoms with Crippen molar-refractivity contribution in [1.29, 1.82) is 0 Å². The van der Waals surface area contributed by atoms with Gasteiger partial charge in [0.25, 0.3) is 0 Å². The van der Waals surface area contributed by atoms with Crippen LogP contribution < -0.4 is 4.74 Å². The maximum atomic E-state index is 12.2. The summed E-state index contributed by atoms with van der Waals surface area (Å²) in [6.45, 7) is 1.20. The van der Waals surface area contributed by atoms with E-state index in [1.807, 2.05) is 18.2 Å².